The Labute approximate surface area is 117 Å². The van der Waals surface area contributed by atoms with Gasteiger partial charge in [-0.1, -0.05) is 49.6 Å². The molecule has 2 heteroatoms. The minimum Gasteiger partial charge on any atom is -0.315 e. The van der Waals surface area contributed by atoms with Gasteiger partial charge in [0.1, 0.15) is 0 Å². The van der Waals surface area contributed by atoms with E-state index in [4.69, 9.17) is 5.84 Å². The first-order chi connectivity index (χ1) is 9.06. The Hall–Kier alpha value is -1.28. The lowest BCUT2D eigenvalue weighted by atomic mass is 9.87. The lowest BCUT2D eigenvalue weighted by molar-refractivity contribution is 0.188. The summed E-state index contributed by atoms with van der Waals surface area (Å²) in [6.45, 7) is 6.58. The average Bonchev–Trinajstić information content (AvgIpc) is 2.39. The van der Waals surface area contributed by atoms with Crippen molar-refractivity contribution in [1.29, 1.82) is 0 Å². The second-order valence-corrected chi connectivity index (χ2v) is 6.05. The quantitative estimate of drug-likeness (QED) is 0.653. The SMILES string of the molecule is C/C(=C\N(N)C1CCCC(C)C1)c1ccc(C)cc1. The Kier molecular flexibility index (Phi) is 4.65. The van der Waals surface area contributed by atoms with Crippen LogP contribution in [0.5, 0.6) is 0 Å². The van der Waals surface area contributed by atoms with E-state index < -0.39 is 0 Å². The van der Waals surface area contributed by atoms with Crippen molar-refractivity contribution in [2.45, 2.75) is 52.5 Å². The van der Waals surface area contributed by atoms with Gasteiger partial charge in [-0.05, 0) is 43.7 Å². The molecule has 1 aliphatic rings. The van der Waals surface area contributed by atoms with Gasteiger partial charge in [-0.25, -0.2) is 5.84 Å². The summed E-state index contributed by atoms with van der Waals surface area (Å²) in [7, 11) is 0. The highest BCUT2D eigenvalue weighted by Crippen LogP contribution is 2.27. The zero-order chi connectivity index (χ0) is 13.8. The summed E-state index contributed by atoms with van der Waals surface area (Å²) in [5.41, 5.74) is 3.79. The fraction of sp³-hybridized carbons (Fsp3) is 0.529. The number of rotatable bonds is 3. The van der Waals surface area contributed by atoms with E-state index in [1.807, 2.05) is 5.01 Å². The molecular formula is C17H26N2. The van der Waals surface area contributed by atoms with Crippen LogP contribution in [0.3, 0.4) is 0 Å². The molecule has 1 aromatic rings. The Bertz CT molecular complexity index is 433. The highest BCUT2D eigenvalue weighted by Gasteiger charge is 2.21. The van der Waals surface area contributed by atoms with Crippen LogP contribution in [0.4, 0.5) is 0 Å². The predicted octanol–water partition coefficient (Wildman–Crippen LogP) is 4.11. The van der Waals surface area contributed by atoms with Crippen molar-refractivity contribution in [3.8, 4) is 0 Å². The first-order valence-corrected chi connectivity index (χ1v) is 7.34. The standard InChI is InChI=1S/C17H26N2/c1-13-7-9-16(10-8-13)15(3)12-19(18)17-6-4-5-14(2)11-17/h7-10,12,14,17H,4-6,11,18H2,1-3H3/b15-12+. The van der Waals surface area contributed by atoms with Gasteiger partial charge in [0.2, 0.25) is 0 Å². The Morgan fingerprint density at radius 1 is 1.26 bits per heavy atom. The van der Waals surface area contributed by atoms with Gasteiger partial charge in [-0.2, -0.15) is 0 Å². The van der Waals surface area contributed by atoms with E-state index in [1.165, 1.54) is 42.4 Å². The molecule has 104 valence electrons. The van der Waals surface area contributed by atoms with Gasteiger partial charge < -0.3 is 5.01 Å². The lowest BCUT2D eigenvalue weighted by Crippen LogP contribution is -2.39. The minimum atomic E-state index is 0.504. The summed E-state index contributed by atoms with van der Waals surface area (Å²) < 4.78 is 0. The molecule has 2 rings (SSSR count). The Morgan fingerprint density at radius 2 is 1.95 bits per heavy atom. The van der Waals surface area contributed by atoms with E-state index in [1.54, 1.807) is 0 Å². The number of nitrogens with two attached hydrogens (primary N) is 1. The summed E-state index contributed by atoms with van der Waals surface area (Å²) in [6, 6.07) is 9.13. The maximum Gasteiger partial charge on any atom is 0.0448 e. The van der Waals surface area contributed by atoms with Crippen molar-refractivity contribution in [2.75, 3.05) is 0 Å². The summed E-state index contributed by atoms with van der Waals surface area (Å²) in [5.74, 6) is 7.04. The maximum atomic E-state index is 6.24. The molecule has 19 heavy (non-hydrogen) atoms. The van der Waals surface area contributed by atoms with Crippen LogP contribution < -0.4 is 5.84 Å². The largest absolute Gasteiger partial charge is 0.315 e. The molecule has 1 aromatic carbocycles. The molecule has 2 N–H and O–H groups in total. The molecule has 0 amide bonds. The minimum absolute atomic E-state index is 0.504. The summed E-state index contributed by atoms with van der Waals surface area (Å²) >= 11 is 0. The van der Waals surface area contributed by atoms with Crippen molar-refractivity contribution in [2.24, 2.45) is 11.8 Å². The normalized spacial score (nSPS) is 24.3. The van der Waals surface area contributed by atoms with Crippen LogP contribution in [-0.4, -0.2) is 11.1 Å². The van der Waals surface area contributed by atoms with Gasteiger partial charge in [-0.15, -0.1) is 0 Å². The van der Waals surface area contributed by atoms with Crippen molar-refractivity contribution in [1.82, 2.24) is 5.01 Å². The second kappa shape index (κ2) is 6.25. The van der Waals surface area contributed by atoms with E-state index in [2.05, 4.69) is 51.2 Å². The molecule has 1 fully saturated rings. The molecule has 2 unspecified atom stereocenters. The number of aryl methyl sites for hydroxylation is 1. The number of hydrogen-bond donors (Lipinski definition) is 1. The van der Waals surface area contributed by atoms with Crippen LogP contribution in [-0.2, 0) is 0 Å². The van der Waals surface area contributed by atoms with Crippen molar-refractivity contribution >= 4 is 5.57 Å². The summed E-state index contributed by atoms with van der Waals surface area (Å²) in [4.78, 5) is 0. The van der Waals surface area contributed by atoms with E-state index in [9.17, 15) is 0 Å². The molecule has 0 bridgehead atoms. The average molecular weight is 258 g/mol. The molecule has 0 saturated heterocycles. The van der Waals surface area contributed by atoms with Crippen LogP contribution in [0.2, 0.25) is 0 Å². The second-order valence-electron chi connectivity index (χ2n) is 6.05. The van der Waals surface area contributed by atoms with Gasteiger partial charge >= 0.3 is 0 Å². The van der Waals surface area contributed by atoms with Crippen molar-refractivity contribution in [3.05, 3.63) is 41.6 Å². The summed E-state index contributed by atoms with van der Waals surface area (Å²) in [5, 5.41) is 1.94. The smallest absolute Gasteiger partial charge is 0.0448 e. The molecule has 0 radical (unpaired) electrons. The molecule has 1 aliphatic carbocycles. The summed E-state index contributed by atoms with van der Waals surface area (Å²) in [6.07, 6.45) is 7.20. The highest BCUT2D eigenvalue weighted by molar-refractivity contribution is 5.63. The van der Waals surface area contributed by atoms with Crippen molar-refractivity contribution < 1.29 is 0 Å². The maximum absolute atomic E-state index is 6.24. The molecule has 0 spiro atoms. The van der Waals surface area contributed by atoms with Crippen LogP contribution in [0.25, 0.3) is 5.57 Å². The van der Waals surface area contributed by atoms with Crippen LogP contribution >= 0.6 is 0 Å². The van der Waals surface area contributed by atoms with E-state index in [0.717, 1.165) is 5.92 Å². The third kappa shape index (κ3) is 3.84. The number of hydrogen-bond acceptors (Lipinski definition) is 2. The number of benzene rings is 1. The fourth-order valence-electron chi connectivity index (χ4n) is 2.89. The van der Waals surface area contributed by atoms with Crippen LogP contribution in [0, 0.1) is 12.8 Å². The molecule has 0 aromatic heterocycles. The lowest BCUT2D eigenvalue weighted by Gasteiger charge is -2.33. The molecule has 2 atom stereocenters. The molecule has 1 saturated carbocycles. The first-order valence-electron chi connectivity index (χ1n) is 7.34. The highest BCUT2D eigenvalue weighted by atomic mass is 15.4. The zero-order valence-corrected chi connectivity index (χ0v) is 12.4. The van der Waals surface area contributed by atoms with Gasteiger partial charge in [0.25, 0.3) is 0 Å². The Morgan fingerprint density at radius 3 is 2.58 bits per heavy atom. The molecule has 2 nitrogen and oxygen atoms in total. The first kappa shape index (κ1) is 14.1. The van der Waals surface area contributed by atoms with Gasteiger partial charge in [0, 0.05) is 12.2 Å². The van der Waals surface area contributed by atoms with Crippen molar-refractivity contribution in [3.63, 3.8) is 0 Å². The molecular weight excluding hydrogens is 232 g/mol. The number of allylic oxidation sites excluding steroid dienone is 1. The monoisotopic (exact) mass is 258 g/mol. The number of nitrogens with zero attached hydrogens (tertiary/aromatic N) is 1. The number of hydrazine groups is 1. The van der Waals surface area contributed by atoms with Crippen LogP contribution in [0.1, 0.15) is 50.7 Å². The third-order valence-corrected chi connectivity index (χ3v) is 4.18. The predicted molar refractivity (Wildman–Crippen MR) is 82.3 cm³/mol. The fourth-order valence-corrected chi connectivity index (χ4v) is 2.89. The topological polar surface area (TPSA) is 29.3 Å². The van der Waals surface area contributed by atoms with E-state index >= 15 is 0 Å². The van der Waals surface area contributed by atoms with Gasteiger partial charge in [0.05, 0.1) is 0 Å². The Balaban J connectivity index is 2.04. The molecule has 0 aliphatic heterocycles. The van der Waals surface area contributed by atoms with Gasteiger partial charge in [0.15, 0.2) is 0 Å². The molecule has 0 heterocycles. The van der Waals surface area contributed by atoms with Crippen LogP contribution in [0.15, 0.2) is 30.5 Å². The van der Waals surface area contributed by atoms with Gasteiger partial charge in [-0.3, -0.25) is 0 Å². The third-order valence-electron chi connectivity index (χ3n) is 4.18. The zero-order valence-electron chi connectivity index (χ0n) is 12.4. The van der Waals surface area contributed by atoms with E-state index in [0.29, 0.717) is 6.04 Å². The van der Waals surface area contributed by atoms with E-state index in [-0.39, 0.29) is 0 Å².